The van der Waals surface area contributed by atoms with Gasteiger partial charge in [0.25, 0.3) is 0 Å². The summed E-state index contributed by atoms with van der Waals surface area (Å²) in [4.78, 5) is 24.8. The highest BCUT2D eigenvalue weighted by Gasteiger charge is 2.42. The normalized spacial score (nSPS) is 20.0. The predicted molar refractivity (Wildman–Crippen MR) is 83.5 cm³/mol. The fraction of sp³-hybridized carbons (Fsp3) is 0.222. The molecule has 1 aliphatic heterocycles. The summed E-state index contributed by atoms with van der Waals surface area (Å²) in [5.74, 6) is -1.99. The van der Waals surface area contributed by atoms with Crippen molar-refractivity contribution in [1.29, 1.82) is 0 Å². The lowest BCUT2D eigenvalue weighted by molar-refractivity contribution is -0.151. The largest absolute Gasteiger partial charge is 0.465 e. The van der Waals surface area contributed by atoms with Gasteiger partial charge in [0.15, 0.2) is 0 Å². The van der Waals surface area contributed by atoms with Crippen LogP contribution in [0.1, 0.15) is 24.0 Å². The summed E-state index contributed by atoms with van der Waals surface area (Å²) >= 11 is 0. The predicted octanol–water partition coefficient (Wildman–Crippen LogP) is 2.95. The molecule has 22 heavy (non-hydrogen) atoms. The Hall–Kier alpha value is -2.62. The second-order valence-electron chi connectivity index (χ2n) is 5.19. The van der Waals surface area contributed by atoms with Gasteiger partial charge in [-0.05, 0) is 24.1 Å². The lowest BCUT2D eigenvalue weighted by Gasteiger charge is -2.32. The van der Waals surface area contributed by atoms with Gasteiger partial charge >= 0.3 is 5.97 Å². The SMILES string of the molecule is CCOC(=O)C1C(=O)Nc2ccccc2C1c1ccccc1. The zero-order chi connectivity index (χ0) is 15.5. The van der Waals surface area contributed by atoms with E-state index in [0.29, 0.717) is 0 Å². The summed E-state index contributed by atoms with van der Waals surface area (Å²) in [7, 11) is 0. The monoisotopic (exact) mass is 295 g/mol. The molecule has 2 atom stereocenters. The number of benzene rings is 2. The van der Waals surface area contributed by atoms with Crippen molar-refractivity contribution in [2.75, 3.05) is 11.9 Å². The van der Waals surface area contributed by atoms with E-state index < -0.39 is 11.9 Å². The van der Waals surface area contributed by atoms with Crippen LogP contribution in [-0.2, 0) is 14.3 Å². The van der Waals surface area contributed by atoms with E-state index in [0.717, 1.165) is 16.8 Å². The van der Waals surface area contributed by atoms with Crippen molar-refractivity contribution >= 4 is 17.6 Å². The second kappa shape index (κ2) is 6.02. The highest BCUT2D eigenvalue weighted by atomic mass is 16.5. The van der Waals surface area contributed by atoms with Gasteiger partial charge in [0.1, 0.15) is 5.92 Å². The Kier molecular flexibility index (Phi) is 3.92. The highest BCUT2D eigenvalue weighted by molar-refractivity contribution is 6.08. The maximum atomic E-state index is 12.4. The summed E-state index contributed by atoms with van der Waals surface area (Å²) in [5, 5.41) is 2.81. The Labute approximate surface area is 129 Å². The van der Waals surface area contributed by atoms with E-state index in [1.807, 2.05) is 54.6 Å². The number of anilines is 1. The molecule has 0 saturated heterocycles. The van der Waals surface area contributed by atoms with Gasteiger partial charge in [0, 0.05) is 11.6 Å². The quantitative estimate of drug-likeness (QED) is 0.699. The molecule has 4 heteroatoms. The van der Waals surface area contributed by atoms with Crippen LogP contribution in [0.5, 0.6) is 0 Å². The molecule has 3 rings (SSSR count). The number of nitrogens with one attached hydrogen (secondary N) is 1. The minimum atomic E-state index is -0.864. The third kappa shape index (κ3) is 2.48. The van der Waals surface area contributed by atoms with E-state index in [1.54, 1.807) is 6.92 Å². The van der Waals surface area contributed by atoms with E-state index in [1.165, 1.54) is 0 Å². The third-order valence-corrected chi connectivity index (χ3v) is 3.87. The molecular weight excluding hydrogens is 278 g/mol. The number of esters is 1. The first-order chi connectivity index (χ1) is 10.7. The van der Waals surface area contributed by atoms with Crippen LogP contribution in [0.3, 0.4) is 0 Å². The van der Waals surface area contributed by atoms with Crippen LogP contribution in [-0.4, -0.2) is 18.5 Å². The van der Waals surface area contributed by atoms with E-state index >= 15 is 0 Å². The average Bonchev–Trinajstić information content (AvgIpc) is 2.54. The Balaban J connectivity index is 2.13. The molecule has 0 aromatic heterocycles. The van der Waals surface area contributed by atoms with Crippen LogP contribution in [0, 0.1) is 5.92 Å². The van der Waals surface area contributed by atoms with E-state index in [-0.39, 0.29) is 18.4 Å². The Morgan fingerprint density at radius 2 is 1.77 bits per heavy atom. The average molecular weight is 295 g/mol. The number of hydrogen-bond donors (Lipinski definition) is 1. The summed E-state index contributed by atoms with van der Waals surface area (Å²) in [6.45, 7) is 2.00. The lowest BCUT2D eigenvalue weighted by Crippen LogP contribution is -2.40. The van der Waals surface area contributed by atoms with Gasteiger partial charge in [-0.15, -0.1) is 0 Å². The highest BCUT2D eigenvalue weighted by Crippen LogP contribution is 2.40. The number of amides is 1. The van der Waals surface area contributed by atoms with E-state index in [2.05, 4.69) is 5.32 Å². The van der Waals surface area contributed by atoms with Crippen molar-refractivity contribution < 1.29 is 14.3 Å². The number of carbonyl (C=O) groups is 2. The van der Waals surface area contributed by atoms with Crippen molar-refractivity contribution in [2.45, 2.75) is 12.8 Å². The minimum Gasteiger partial charge on any atom is -0.465 e. The molecule has 0 saturated carbocycles. The third-order valence-electron chi connectivity index (χ3n) is 3.87. The molecule has 0 bridgehead atoms. The first kappa shape index (κ1) is 14.3. The lowest BCUT2D eigenvalue weighted by atomic mass is 9.77. The van der Waals surface area contributed by atoms with Crippen LogP contribution < -0.4 is 5.32 Å². The molecule has 0 fully saturated rings. The number of hydrogen-bond acceptors (Lipinski definition) is 3. The number of carbonyl (C=O) groups excluding carboxylic acids is 2. The fourth-order valence-corrected chi connectivity index (χ4v) is 2.93. The molecule has 0 spiro atoms. The van der Waals surface area contributed by atoms with Crippen LogP contribution in [0.15, 0.2) is 54.6 Å². The zero-order valence-electron chi connectivity index (χ0n) is 12.3. The first-order valence-electron chi connectivity index (χ1n) is 7.33. The van der Waals surface area contributed by atoms with Crippen molar-refractivity contribution in [3.05, 3.63) is 65.7 Å². The van der Waals surface area contributed by atoms with Crippen LogP contribution >= 0.6 is 0 Å². The number of rotatable bonds is 3. The fourth-order valence-electron chi connectivity index (χ4n) is 2.93. The summed E-state index contributed by atoms with van der Waals surface area (Å²) in [6, 6.07) is 17.2. The molecule has 1 heterocycles. The van der Waals surface area contributed by atoms with Crippen molar-refractivity contribution in [3.8, 4) is 0 Å². The summed E-state index contributed by atoms with van der Waals surface area (Å²) < 4.78 is 5.12. The van der Waals surface area contributed by atoms with Gasteiger partial charge in [-0.2, -0.15) is 0 Å². The molecule has 2 unspecified atom stereocenters. The molecule has 4 nitrogen and oxygen atoms in total. The molecule has 0 aliphatic carbocycles. The molecule has 2 aromatic carbocycles. The standard InChI is InChI=1S/C18H17NO3/c1-2-22-18(21)16-15(12-8-4-3-5-9-12)13-10-6-7-11-14(13)19-17(16)20/h3-11,15-16H,2H2,1H3,(H,19,20). The molecule has 2 aromatic rings. The van der Waals surface area contributed by atoms with E-state index in [9.17, 15) is 9.59 Å². The molecule has 1 N–H and O–H groups in total. The van der Waals surface area contributed by atoms with Crippen molar-refractivity contribution in [1.82, 2.24) is 0 Å². The van der Waals surface area contributed by atoms with Crippen LogP contribution in [0.25, 0.3) is 0 Å². The molecular formula is C18H17NO3. The Bertz CT molecular complexity index is 696. The Morgan fingerprint density at radius 1 is 1.09 bits per heavy atom. The first-order valence-corrected chi connectivity index (χ1v) is 7.33. The number of fused-ring (bicyclic) bond motifs is 1. The van der Waals surface area contributed by atoms with Crippen molar-refractivity contribution in [3.63, 3.8) is 0 Å². The maximum absolute atomic E-state index is 12.4. The van der Waals surface area contributed by atoms with Crippen LogP contribution in [0.2, 0.25) is 0 Å². The van der Waals surface area contributed by atoms with Gasteiger partial charge < -0.3 is 10.1 Å². The van der Waals surface area contributed by atoms with Crippen LogP contribution in [0.4, 0.5) is 5.69 Å². The van der Waals surface area contributed by atoms with Crippen molar-refractivity contribution in [2.24, 2.45) is 5.92 Å². The van der Waals surface area contributed by atoms with E-state index in [4.69, 9.17) is 4.74 Å². The number of ether oxygens (including phenoxy) is 1. The molecule has 112 valence electrons. The maximum Gasteiger partial charge on any atom is 0.319 e. The molecule has 0 radical (unpaired) electrons. The van der Waals surface area contributed by atoms with Gasteiger partial charge in [-0.1, -0.05) is 48.5 Å². The number of para-hydroxylation sites is 1. The zero-order valence-corrected chi connectivity index (χ0v) is 12.3. The van der Waals surface area contributed by atoms with Gasteiger partial charge in [0.05, 0.1) is 6.61 Å². The van der Waals surface area contributed by atoms with Gasteiger partial charge in [-0.25, -0.2) is 0 Å². The molecule has 1 aliphatic rings. The smallest absolute Gasteiger partial charge is 0.319 e. The molecule has 1 amide bonds. The van der Waals surface area contributed by atoms with Gasteiger partial charge in [-0.3, -0.25) is 9.59 Å². The van der Waals surface area contributed by atoms with Gasteiger partial charge in [0.2, 0.25) is 5.91 Å². The second-order valence-corrected chi connectivity index (χ2v) is 5.19. The topological polar surface area (TPSA) is 55.4 Å². The minimum absolute atomic E-state index is 0.256. The summed E-state index contributed by atoms with van der Waals surface area (Å²) in [6.07, 6.45) is 0. The summed E-state index contributed by atoms with van der Waals surface area (Å²) in [5.41, 5.74) is 2.62. The Morgan fingerprint density at radius 3 is 2.50 bits per heavy atom.